The Hall–Kier alpha value is -3.90. The van der Waals surface area contributed by atoms with Gasteiger partial charge >= 0.3 is 0 Å². The van der Waals surface area contributed by atoms with Crippen LogP contribution >= 0.6 is 23.4 Å². The summed E-state index contributed by atoms with van der Waals surface area (Å²) in [6.45, 7) is 6.19. The Kier molecular flexibility index (Phi) is 8.89. The molecule has 13 heteroatoms. The van der Waals surface area contributed by atoms with Crippen molar-refractivity contribution in [2.24, 2.45) is 0 Å². The highest BCUT2D eigenvalue weighted by Crippen LogP contribution is 2.26. The van der Waals surface area contributed by atoms with Crippen LogP contribution < -0.4 is 9.80 Å². The van der Waals surface area contributed by atoms with Crippen molar-refractivity contribution in [2.75, 3.05) is 61.4 Å². The first-order valence-corrected chi connectivity index (χ1v) is 14.7. The van der Waals surface area contributed by atoms with Crippen LogP contribution in [0.15, 0.2) is 65.8 Å². The van der Waals surface area contributed by atoms with E-state index in [0.29, 0.717) is 67.5 Å². The molecular weight excluding hydrogens is 566 g/mol. The normalized spacial score (nSPS) is 17.5. The average Bonchev–Trinajstić information content (AvgIpc) is 3.00. The van der Waals surface area contributed by atoms with Gasteiger partial charge in [-0.25, -0.2) is 9.97 Å². The first-order valence-electron chi connectivity index (χ1n) is 13.3. The highest BCUT2D eigenvalue weighted by atomic mass is 35.5. The number of non-ortho nitro benzene ring substituents is 1. The number of nitrogens with zero attached hydrogens (tertiary/aromatic N) is 7. The molecule has 2 saturated heterocycles. The van der Waals surface area contributed by atoms with Crippen LogP contribution in [0.5, 0.6) is 0 Å². The number of benzene rings is 2. The first kappa shape index (κ1) is 28.6. The van der Waals surface area contributed by atoms with Gasteiger partial charge in [0, 0.05) is 81.3 Å². The van der Waals surface area contributed by atoms with Crippen molar-refractivity contribution in [1.82, 2.24) is 19.8 Å². The van der Waals surface area contributed by atoms with Gasteiger partial charge in [0.15, 0.2) is 5.16 Å². The van der Waals surface area contributed by atoms with Gasteiger partial charge in [-0.3, -0.25) is 19.7 Å². The van der Waals surface area contributed by atoms with Gasteiger partial charge in [-0.15, -0.1) is 0 Å². The van der Waals surface area contributed by atoms with Crippen LogP contribution in [0.4, 0.5) is 17.2 Å². The predicted octanol–water partition coefficient (Wildman–Crippen LogP) is 3.83. The number of rotatable bonds is 7. The largest absolute Gasteiger partial charge is 0.368 e. The number of piperazine rings is 2. The second-order valence-corrected chi connectivity index (χ2v) is 11.3. The fraction of sp³-hybridized carbons (Fsp3) is 0.357. The van der Waals surface area contributed by atoms with Gasteiger partial charge in [0.05, 0.1) is 10.7 Å². The molecule has 2 aromatic carbocycles. The van der Waals surface area contributed by atoms with Crippen molar-refractivity contribution in [3.05, 3.63) is 81.5 Å². The van der Waals surface area contributed by atoms with Crippen LogP contribution in [0.25, 0.3) is 0 Å². The van der Waals surface area contributed by atoms with E-state index in [1.54, 1.807) is 18.2 Å². The molecule has 0 saturated carbocycles. The number of carbonyl (C=O) groups excluding carboxylic acids is 2. The minimum absolute atomic E-state index is 0.00913. The van der Waals surface area contributed by atoms with Gasteiger partial charge in [-0.05, 0) is 31.2 Å². The molecule has 11 nitrogen and oxygen atoms in total. The van der Waals surface area contributed by atoms with Gasteiger partial charge in [0.2, 0.25) is 5.91 Å². The van der Waals surface area contributed by atoms with E-state index in [1.807, 2.05) is 47.1 Å². The van der Waals surface area contributed by atoms with Crippen molar-refractivity contribution < 1.29 is 14.5 Å². The summed E-state index contributed by atoms with van der Waals surface area (Å²) in [7, 11) is 0. The number of carbonyl (C=O) groups is 2. The first-order chi connectivity index (χ1) is 19.8. The summed E-state index contributed by atoms with van der Waals surface area (Å²) in [4.78, 5) is 53.3. The van der Waals surface area contributed by atoms with Crippen molar-refractivity contribution >= 4 is 52.4 Å². The molecule has 41 heavy (non-hydrogen) atoms. The number of aromatic nitrogens is 2. The maximum atomic E-state index is 13.0. The second kappa shape index (κ2) is 12.7. The zero-order valence-corrected chi connectivity index (χ0v) is 24.1. The third-order valence-corrected chi connectivity index (χ3v) is 8.30. The third kappa shape index (κ3) is 6.88. The van der Waals surface area contributed by atoms with Crippen molar-refractivity contribution in [3.8, 4) is 0 Å². The molecule has 0 unspecified atom stereocenters. The summed E-state index contributed by atoms with van der Waals surface area (Å²) in [6.07, 6.45) is 0. The lowest BCUT2D eigenvalue weighted by atomic mass is 10.1. The van der Waals surface area contributed by atoms with Gasteiger partial charge in [0.1, 0.15) is 11.0 Å². The number of anilines is 2. The number of thioether (sulfide) groups is 1. The Labute approximate surface area is 247 Å². The summed E-state index contributed by atoms with van der Waals surface area (Å²) in [6, 6.07) is 17.4. The fourth-order valence-corrected chi connectivity index (χ4v) is 6.03. The molecule has 3 aromatic rings. The van der Waals surface area contributed by atoms with E-state index in [0.717, 1.165) is 5.69 Å². The maximum Gasteiger partial charge on any atom is 0.269 e. The van der Waals surface area contributed by atoms with Crippen LogP contribution in [0.3, 0.4) is 0 Å². The number of amides is 2. The minimum Gasteiger partial charge on any atom is -0.368 e. The van der Waals surface area contributed by atoms with Gasteiger partial charge in [-0.1, -0.05) is 41.6 Å². The number of hydrogen-bond donors (Lipinski definition) is 0. The maximum absolute atomic E-state index is 13.0. The molecule has 2 amide bonds. The van der Waals surface area contributed by atoms with Crippen LogP contribution in [0.1, 0.15) is 17.3 Å². The van der Waals surface area contributed by atoms with Gasteiger partial charge in [-0.2, -0.15) is 0 Å². The van der Waals surface area contributed by atoms with E-state index in [2.05, 4.69) is 19.8 Å². The Morgan fingerprint density at radius 2 is 1.66 bits per heavy atom. The fourth-order valence-electron chi connectivity index (χ4n) is 5.04. The Bertz CT molecular complexity index is 1400. The van der Waals surface area contributed by atoms with Crippen molar-refractivity contribution in [1.29, 1.82) is 0 Å². The van der Waals surface area contributed by atoms with Crippen LogP contribution in [0, 0.1) is 10.1 Å². The van der Waals surface area contributed by atoms with E-state index < -0.39 is 4.92 Å². The number of hydrogen-bond acceptors (Lipinski definition) is 9. The van der Waals surface area contributed by atoms with Crippen molar-refractivity contribution in [2.45, 2.75) is 18.1 Å². The molecule has 0 spiro atoms. The Morgan fingerprint density at radius 1 is 0.976 bits per heavy atom. The molecule has 0 bridgehead atoms. The lowest BCUT2D eigenvalue weighted by molar-refractivity contribution is -0.384. The molecule has 2 aliphatic heterocycles. The highest BCUT2D eigenvalue weighted by molar-refractivity contribution is 7.99. The van der Waals surface area contributed by atoms with E-state index in [9.17, 15) is 19.7 Å². The van der Waals surface area contributed by atoms with E-state index in [-0.39, 0.29) is 29.3 Å². The predicted molar refractivity (Wildman–Crippen MR) is 159 cm³/mol. The lowest BCUT2D eigenvalue weighted by Crippen LogP contribution is -2.54. The van der Waals surface area contributed by atoms with Crippen molar-refractivity contribution in [3.63, 3.8) is 0 Å². The summed E-state index contributed by atoms with van der Waals surface area (Å²) >= 11 is 7.59. The molecule has 0 aliphatic carbocycles. The highest BCUT2D eigenvalue weighted by Gasteiger charge is 2.29. The molecular formula is C28H30ClN7O4S. The van der Waals surface area contributed by atoms with E-state index >= 15 is 0 Å². The quantitative estimate of drug-likeness (QED) is 0.132. The average molecular weight is 596 g/mol. The standard InChI is InChI=1S/C28H30ClN7O4S/c1-20-18-34(15-16-35(20)27(38)21-5-3-2-4-6-21)25-17-24(29)30-28(31-25)41-19-26(37)33-13-11-32(12-14-33)22-7-9-23(10-8-22)36(39)40/h2-10,17,20H,11-16,18-19H2,1H3/t20-/m0/s1. The molecule has 2 fully saturated rings. The Balaban J connectivity index is 1.13. The monoisotopic (exact) mass is 595 g/mol. The van der Waals surface area contributed by atoms with E-state index in [1.165, 1.54) is 23.9 Å². The number of nitro benzene ring substituents is 1. The van der Waals surface area contributed by atoms with E-state index in [4.69, 9.17) is 11.6 Å². The topological polar surface area (TPSA) is 116 Å². The second-order valence-electron chi connectivity index (χ2n) is 9.92. The van der Waals surface area contributed by atoms with Gasteiger partial charge < -0.3 is 19.6 Å². The van der Waals surface area contributed by atoms with Gasteiger partial charge in [0.25, 0.3) is 11.6 Å². The molecule has 0 N–H and O–H groups in total. The van der Waals surface area contributed by atoms with Crippen LogP contribution in [0.2, 0.25) is 5.15 Å². The summed E-state index contributed by atoms with van der Waals surface area (Å²) in [5.41, 5.74) is 1.63. The molecule has 1 aromatic heterocycles. The Morgan fingerprint density at radius 3 is 2.32 bits per heavy atom. The third-order valence-electron chi connectivity index (χ3n) is 7.28. The number of nitro groups is 1. The lowest BCUT2D eigenvalue weighted by Gasteiger charge is -2.40. The van der Waals surface area contributed by atoms with Crippen LogP contribution in [-0.4, -0.2) is 94.1 Å². The summed E-state index contributed by atoms with van der Waals surface area (Å²) in [5.74, 6) is 0.870. The molecule has 5 rings (SSSR count). The molecule has 1 atom stereocenters. The SMILES string of the molecule is C[C@H]1CN(c2cc(Cl)nc(SCC(=O)N3CCN(c4ccc([N+](=O)[O-])cc4)CC3)n2)CCN1C(=O)c1ccccc1. The number of halogens is 1. The smallest absolute Gasteiger partial charge is 0.269 e. The zero-order chi connectivity index (χ0) is 28.9. The molecule has 214 valence electrons. The molecule has 2 aliphatic rings. The minimum atomic E-state index is -0.416. The zero-order valence-electron chi connectivity index (χ0n) is 22.6. The van der Waals surface area contributed by atoms with Crippen LogP contribution in [-0.2, 0) is 4.79 Å². The molecule has 0 radical (unpaired) electrons. The summed E-state index contributed by atoms with van der Waals surface area (Å²) < 4.78 is 0. The summed E-state index contributed by atoms with van der Waals surface area (Å²) in [5, 5.41) is 11.6. The molecule has 3 heterocycles.